The van der Waals surface area contributed by atoms with E-state index in [-0.39, 0.29) is 18.0 Å². The molecular weight excluding hydrogens is 514 g/mol. The molecule has 1 fully saturated rings. The van der Waals surface area contributed by atoms with Crippen LogP contribution in [0, 0.1) is 18.3 Å². The molecule has 5 heterocycles. The molecule has 202 valence electrons. The lowest BCUT2D eigenvalue weighted by molar-refractivity contribution is -0.136. The summed E-state index contributed by atoms with van der Waals surface area (Å²) in [7, 11) is 1.95. The van der Waals surface area contributed by atoms with Gasteiger partial charge in [0.05, 0.1) is 23.8 Å². The molecule has 3 aromatic rings. The third-order valence-electron chi connectivity index (χ3n) is 7.03. The fourth-order valence-corrected chi connectivity index (χ4v) is 5.49. The summed E-state index contributed by atoms with van der Waals surface area (Å²) in [5, 5.41) is 18.5. The van der Waals surface area contributed by atoms with Gasteiger partial charge in [-0.05, 0) is 50.9 Å². The van der Waals surface area contributed by atoms with E-state index in [9.17, 15) is 14.9 Å². The second kappa shape index (κ2) is 11.3. The lowest BCUT2D eigenvalue weighted by Crippen LogP contribution is -2.48. The van der Waals surface area contributed by atoms with E-state index in [1.807, 2.05) is 36.1 Å². The van der Waals surface area contributed by atoms with Crippen molar-refractivity contribution in [1.29, 1.82) is 5.26 Å². The third kappa shape index (κ3) is 5.84. The Morgan fingerprint density at radius 1 is 1.26 bits per heavy atom. The highest BCUT2D eigenvalue weighted by molar-refractivity contribution is 7.09. The lowest BCUT2D eigenvalue weighted by Gasteiger charge is -2.33. The van der Waals surface area contributed by atoms with Gasteiger partial charge in [-0.1, -0.05) is 0 Å². The van der Waals surface area contributed by atoms with E-state index in [2.05, 4.69) is 32.7 Å². The number of rotatable bonds is 6. The molecule has 1 unspecified atom stereocenters. The van der Waals surface area contributed by atoms with Crippen LogP contribution in [-0.4, -0.2) is 69.9 Å². The first kappa shape index (κ1) is 26.5. The Morgan fingerprint density at radius 3 is 2.85 bits per heavy atom. The second-order valence-electron chi connectivity index (χ2n) is 9.92. The number of carbonyl (C=O) groups excluding carboxylic acids is 2. The number of anilines is 3. The topological polar surface area (TPSA) is 130 Å². The summed E-state index contributed by atoms with van der Waals surface area (Å²) in [5.41, 5.74) is 3.75. The zero-order chi connectivity index (χ0) is 27.5. The van der Waals surface area contributed by atoms with E-state index in [0.717, 1.165) is 41.2 Å². The molecule has 2 aliphatic heterocycles. The van der Waals surface area contributed by atoms with Gasteiger partial charge in [0.1, 0.15) is 22.7 Å². The predicted octanol–water partition coefficient (Wildman–Crippen LogP) is 3.55. The SMILES string of the molecule is Cc1nc2c(cc1CN1CCN(C)CC1=O)CCCN2C(=O)Nc1cc(NC(C)c2nccs2)c(C#N)cn1. The minimum absolute atomic E-state index is 0.112. The van der Waals surface area contributed by atoms with E-state index < -0.39 is 0 Å². The average molecular weight is 546 g/mol. The summed E-state index contributed by atoms with van der Waals surface area (Å²) >= 11 is 1.53. The molecule has 0 aliphatic carbocycles. The number of aryl methyl sites for hydroxylation is 2. The van der Waals surface area contributed by atoms with Crippen LogP contribution in [0.25, 0.3) is 0 Å². The van der Waals surface area contributed by atoms with Gasteiger partial charge >= 0.3 is 6.03 Å². The number of nitrogens with zero attached hydrogens (tertiary/aromatic N) is 7. The van der Waals surface area contributed by atoms with Gasteiger partial charge in [-0.2, -0.15) is 5.26 Å². The molecule has 1 saturated heterocycles. The zero-order valence-corrected chi connectivity index (χ0v) is 23.1. The smallest absolute Gasteiger partial charge is 0.328 e. The van der Waals surface area contributed by atoms with E-state index in [4.69, 9.17) is 4.98 Å². The standard InChI is InChI=1S/C27H31N9O2S/c1-17-20(15-35-9-8-34(3)16-24(35)37)11-19-5-4-7-36(25(19)32-17)27(38)33-23-12-22(21(13-28)14-30-23)31-18(2)26-29-6-10-39-26/h6,10-12,14,18H,4-5,7-9,15-16H2,1-3H3,(H2,30,31,33,38). The first-order valence-electron chi connectivity index (χ1n) is 12.9. The second-order valence-corrected chi connectivity index (χ2v) is 10.8. The van der Waals surface area contributed by atoms with Gasteiger partial charge in [-0.25, -0.2) is 19.7 Å². The van der Waals surface area contributed by atoms with Gasteiger partial charge in [-0.15, -0.1) is 11.3 Å². The summed E-state index contributed by atoms with van der Waals surface area (Å²) < 4.78 is 0. The molecule has 5 rings (SSSR count). The van der Waals surface area contributed by atoms with Gasteiger partial charge in [0.25, 0.3) is 0 Å². The zero-order valence-electron chi connectivity index (χ0n) is 22.3. The fraction of sp³-hybridized carbons (Fsp3) is 0.407. The maximum Gasteiger partial charge on any atom is 0.328 e. The quantitative estimate of drug-likeness (QED) is 0.481. The molecular formula is C27H31N9O2S. The predicted molar refractivity (Wildman–Crippen MR) is 150 cm³/mol. The highest BCUT2D eigenvalue weighted by atomic mass is 32.1. The van der Waals surface area contributed by atoms with Crippen LogP contribution in [0.5, 0.6) is 0 Å². The molecule has 1 atom stereocenters. The van der Waals surface area contributed by atoms with Crippen LogP contribution < -0.4 is 15.5 Å². The number of hydrogen-bond acceptors (Lipinski definition) is 9. The summed E-state index contributed by atoms with van der Waals surface area (Å²) in [6.07, 6.45) is 4.80. The molecule has 2 N–H and O–H groups in total. The largest absolute Gasteiger partial charge is 0.375 e. The minimum atomic E-state index is -0.332. The first-order valence-corrected chi connectivity index (χ1v) is 13.8. The number of pyridine rings is 2. The summed E-state index contributed by atoms with van der Waals surface area (Å²) in [5.74, 6) is 1.09. The van der Waals surface area contributed by atoms with Gasteiger partial charge in [0.15, 0.2) is 0 Å². The highest BCUT2D eigenvalue weighted by Gasteiger charge is 2.27. The summed E-state index contributed by atoms with van der Waals surface area (Å²) in [6.45, 7) is 6.91. The van der Waals surface area contributed by atoms with E-state index >= 15 is 0 Å². The van der Waals surface area contributed by atoms with Crippen molar-refractivity contribution >= 4 is 40.6 Å². The Labute approximate surface area is 231 Å². The Hall–Kier alpha value is -4.08. The third-order valence-corrected chi connectivity index (χ3v) is 7.98. The Morgan fingerprint density at radius 2 is 2.10 bits per heavy atom. The number of carbonyl (C=O) groups is 2. The van der Waals surface area contributed by atoms with Crippen molar-refractivity contribution in [2.45, 2.75) is 39.3 Å². The minimum Gasteiger partial charge on any atom is -0.375 e. The van der Waals surface area contributed by atoms with Crippen LogP contribution in [0.2, 0.25) is 0 Å². The number of urea groups is 1. The molecule has 11 nitrogen and oxygen atoms in total. The van der Waals surface area contributed by atoms with Crippen molar-refractivity contribution in [2.75, 3.05) is 48.8 Å². The maximum atomic E-state index is 13.4. The fourth-order valence-electron chi connectivity index (χ4n) is 4.84. The highest BCUT2D eigenvalue weighted by Crippen LogP contribution is 2.30. The number of piperazine rings is 1. The van der Waals surface area contributed by atoms with Gasteiger partial charge in [-0.3, -0.25) is 19.9 Å². The van der Waals surface area contributed by atoms with E-state index in [1.165, 1.54) is 17.5 Å². The van der Waals surface area contributed by atoms with Crippen molar-refractivity contribution in [2.24, 2.45) is 0 Å². The van der Waals surface area contributed by atoms with Crippen LogP contribution in [0.3, 0.4) is 0 Å². The molecule has 0 saturated carbocycles. The Kier molecular flexibility index (Phi) is 7.72. The van der Waals surface area contributed by atoms with Crippen molar-refractivity contribution < 1.29 is 9.59 Å². The summed E-state index contributed by atoms with van der Waals surface area (Å²) in [4.78, 5) is 44.8. The maximum absolute atomic E-state index is 13.4. The van der Waals surface area contributed by atoms with Crippen LogP contribution in [0.4, 0.5) is 22.1 Å². The van der Waals surface area contributed by atoms with Crippen LogP contribution >= 0.6 is 11.3 Å². The van der Waals surface area contributed by atoms with E-state index in [0.29, 0.717) is 49.1 Å². The molecule has 3 amide bonds. The molecule has 0 aromatic carbocycles. The van der Waals surface area contributed by atoms with Gasteiger partial charge in [0.2, 0.25) is 5.91 Å². The number of nitrogens with one attached hydrogen (secondary N) is 2. The number of fused-ring (bicyclic) bond motifs is 1. The van der Waals surface area contributed by atoms with Gasteiger partial charge in [0, 0.05) is 55.7 Å². The lowest BCUT2D eigenvalue weighted by atomic mass is 10.0. The van der Waals surface area contributed by atoms with Crippen LogP contribution in [0.15, 0.2) is 29.9 Å². The first-order chi connectivity index (χ1) is 18.8. The monoisotopic (exact) mass is 545 g/mol. The number of aromatic nitrogens is 3. The molecule has 2 aliphatic rings. The Bertz CT molecular complexity index is 1420. The normalized spacial score (nSPS) is 16.4. The number of amides is 3. The Balaban J connectivity index is 1.32. The van der Waals surface area contributed by atoms with Crippen molar-refractivity contribution in [3.05, 3.63) is 57.3 Å². The number of likely N-dealkylation sites (N-methyl/N-ethyl adjacent to an activating group) is 1. The van der Waals surface area contributed by atoms with Crippen molar-refractivity contribution in [3.8, 4) is 6.07 Å². The molecule has 0 bridgehead atoms. The number of nitriles is 1. The van der Waals surface area contributed by atoms with Crippen molar-refractivity contribution in [3.63, 3.8) is 0 Å². The average Bonchev–Trinajstić information content (AvgIpc) is 3.46. The summed E-state index contributed by atoms with van der Waals surface area (Å²) in [6, 6.07) is 5.46. The molecule has 0 radical (unpaired) electrons. The molecule has 39 heavy (non-hydrogen) atoms. The molecule has 12 heteroatoms. The van der Waals surface area contributed by atoms with E-state index in [1.54, 1.807) is 17.2 Å². The molecule has 0 spiro atoms. The van der Waals surface area contributed by atoms with Crippen molar-refractivity contribution in [1.82, 2.24) is 24.8 Å². The number of hydrogen-bond donors (Lipinski definition) is 2. The van der Waals surface area contributed by atoms with Crippen LogP contribution in [0.1, 0.15) is 46.8 Å². The van der Waals surface area contributed by atoms with Crippen LogP contribution in [-0.2, 0) is 17.8 Å². The van der Waals surface area contributed by atoms with Gasteiger partial charge < -0.3 is 10.2 Å². The molecule has 3 aromatic heterocycles. The number of thiazole rings is 1.